The molecule has 9 heavy (non-hydrogen) atoms. The van der Waals surface area contributed by atoms with Gasteiger partial charge in [-0.3, -0.25) is 9.80 Å². The maximum Gasteiger partial charge on any atom is 0.150 e. The first-order valence-corrected chi connectivity index (χ1v) is 2.86. The number of carbonyl (C=O) groups is 1. The van der Waals surface area contributed by atoms with Gasteiger partial charge < -0.3 is 0 Å². The lowest BCUT2D eigenvalue weighted by atomic mass is 10.4. The van der Waals surface area contributed by atoms with Crippen molar-refractivity contribution in [2.45, 2.75) is 13.8 Å². The smallest absolute Gasteiger partial charge is 0.150 e. The Balaban J connectivity index is 3.50. The van der Waals surface area contributed by atoms with Crippen molar-refractivity contribution in [3.05, 3.63) is 0 Å². The molecule has 0 amide bonds. The number of hydrogen-bond donors (Lipinski definition) is 0. The van der Waals surface area contributed by atoms with Crippen LogP contribution in [-0.2, 0) is 4.79 Å². The molecule has 0 atom stereocenters. The quantitative estimate of drug-likeness (QED) is 0.410. The monoisotopic (exact) mass is 128 g/mol. The van der Waals surface area contributed by atoms with Gasteiger partial charge in [0, 0.05) is 13.3 Å². The number of carbonyl (C=O) groups excluding carboxylic acids is 1. The Bertz CT molecular complexity index is 120. The Morgan fingerprint density at radius 2 is 2.33 bits per heavy atom. The van der Waals surface area contributed by atoms with Gasteiger partial charge in [0.25, 0.3) is 0 Å². The lowest BCUT2D eigenvalue weighted by Gasteiger charge is -2.08. The van der Waals surface area contributed by atoms with Crippen LogP contribution in [0.15, 0.2) is 5.10 Å². The van der Waals surface area contributed by atoms with E-state index in [0.717, 1.165) is 0 Å². The van der Waals surface area contributed by atoms with Gasteiger partial charge in [0.05, 0.1) is 6.54 Å². The highest BCUT2D eigenvalue weighted by molar-refractivity contribution is 5.77. The van der Waals surface area contributed by atoms with Crippen LogP contribution in [0, 0.1) is 0 Å². The minimum Gasteiger partial charge on any atom is -0.298 e. The number of ketones is 1. The molecule has 0 saturated heterocycles. The first-order valence-electron chi connectivity index (χ1n) is 2.86. The van der Waals surface area contributed by atoms with E-state index in [1.165, 1.54) is 0 Å². The second-order valence-electron chi connectivity index (χ2n) is 1.89. The van der Waals surface area contributed by atoms with E-state index in [1.807, 2.05) is 6.92 Å². The summed E-state index contributed by atoms with van der Waals surface area (Å²) < 4.78 is 0. The second kappa shape index (κ2) is 4.06. The van der Waals surface area contributed by atoms with Crippen molar-refractivity contribution in [1.29, 1.82) is 0 Å². The summed E-state index contributed by atoms with van der Waals surface area (Å²) in [6.07, 6.45) is 1.66. The molecule has 0 aromatic rings. The Hall–Kier alpha value is -0.860. The maximum atomic E-state index is 10.4. The van der Waals surface area contributed by atoms with Gasteiger partial charge in [-0.05, 0) is 13.8 Å². The largest absolute Gasteiger partial charge is 0.298 e. The summed E-state index contributed by atoms with van der Waals surface area (Å²) in [5.74, 6) is 0.128. The molecule has 0 saturated carbocycles. The summed E-state index contributed by atoms with van der Waals surface area (Å²) in [6, 6.07) is 0. The number of hydrogen-bond acceptors (Lipinski definition) is 3. The zero-order valence-electron chi connectivity index (χ0n) is 6.09. The van der Waals surface area contributed by atoms with Gasteiger partial charge in [-0.15, -0.1) is 0 Å². The molecule has 0 aliphatic heterocycles. The van der Waals surface area contributed by atoms with Gasteiger partial charge in [-0.1, -0.05) is 0 Å². The third-order valence-electron chi connectivity index (χ3n) is 0.764. The van der Waals surface area contributed by atoms with Crippen LogP contribution in [0.5, 0.6) is 0 Å². The molecular formula is C6H12N2O. The zero-order valence-corrected chi connectivity index (χ0v) is 6.09. The fraction of sp³-hybridized carbons (Fsp3) is 0.667. The van der Waals surface area contributed by atoms with E-state index >= 15 is 0 Å². The van der Waals surface area contributed by atoms with Gasteiger partial charge in [0.2, 0.25) is 0 Å². The SMILES string of the molecule is CC=NN(C)CC(C)=O. The van der Waals surface area contributed by atoms with Crippen LogP contribution in [0.2, 0.25) is 0 Å². The summed E-state index contributed by atoms with van der Waals surface area (Å²) in [5.41, 5.74) is 0. The van der Waals surface area contributed by atoms with Crippen molar-refractivity contribution < 1.29 is 4.79 Å². The molecule has 0 rings (SSSR count). The first kappa shape index (κ1) is 8.14. The second-order valence-corrected chi connectivity index (χ2v) is 1.89. The molecule has 0 aromatic carbocycles. The lowest BCUT2D eigenvalue weighted by Crippen LogP contribution is -2.18. The summed E-state index contributed by atoms with van der Waals surface area (Å²) >= 11 is 0. The minimum atomic E-state index is 0.128. The number of likely N-dealkylation sites (N-methyl/N-ethyl adjacent to an activating group) is 1. The molecule has 3 heteroatoms. The molecule has 0 bridgehead atoms. The standard InChI is InChI=1S/C6H12N2O/c1-4-7-8(3)5-6(2)9/h4H,5H2,1-3H3. The van der Waals surface area contributed by atoms with Crippen LogP contribution < -0.4 is 0 Å². The molecule has 0 unspecified atom stereocenters. The zero-order chi connectivity index (χ0) is 7.28. The Morgan fingerprint density at radius 3 is 2.67 bits per heavy atom. The fourth-order valence-corrected chi connectivity index (χ4v) is 0.560. The average molecular weight is 128 g/mol. The van der Waals surface area contributed by atoms with E-state index in [9.17, 15) is 4.79 Å². The van der Waals surface area contributed by atoms with Gasteiger partial charge in [0.15, 0.2) is 5.78 Å². The molecule has 52 valence electrons. The predicted molar refractivity (Wildman–Crippen MR) is 37.5 cm³/mol. The Morgan fingerprint density at radius 1 is 1.78 bits per heavy atom. The van der Waals surface area contributed by atoms with Crippen LogP contribution in [0.3, 0.4) is 0 Å². The minimum absolute atomic E-state index is 0.128. The number of hydrazone groups is 1. The summed E-state index contributed by atoms with van der Waals surface area (Å²) in [5, 5.41) is 5.45. The van der Waals surface area contributed by atoms with Gasteiger partial charge in [-0.25, -0.2) is 0 Å². The Labute approximate surface area is 55.4 Å². The summed E-state index contributed by atoms with van der Waals surface area (Å²) in [4.78, 5) is 10.4. The van der Waals surface area contributed by atoms with E-state index in [-0.39, 0.29) is 5.78 Å². The molecule has 0 heterocycles. The van der Waals surface area contributed by atoms with E-state index < -0.39 is 0 Å². The third kappa shape index (κ3) is 5.00. The topological polar surface area (TPSA) is 32.7 Å². The normalized spacial score (nSPS) is 10.1. The molecule has 0 aliphatic rings. The van der Waals surface area contributed by atoms with Gasteiger partial charge in [-0.2, -0.15) is 5.10 Å². The molecule has 3 nitrogen and oxygen atoms in total. The maximum absolute atomic E-state index is 10.4. The molecule has 0 radical (unpaired) electrons. The Kier molecular flexibility index (Phi) is 3.67. The highest BCUT2D eigenvalue weighted by atomic mass is 16.1. The van der Waals surface area contributed by atoms with Gasteiger partial charge in [0.1, 0.15) is 0 Å². The summed E-state index contributed by atoms with van der Waals surface area (Å²) in [6.45, 7) is 3.75. The molecule has 0 fully saturated rings. The van der Waals surface area contributed by atoms with Crippen LogP contribution in [0.1, 0.15) is 13.8 Å². The first-order chi connectivity index (χ1) is 4.16. The molecule has 0 N–H and O–H groups in total. The van der Waals surface area contributed by atoms with Crippen molar-refractivity contribution in [3.8, 4) is 0 Å². The van der Waals surface area contributed by atoms with E-state index in [1.54, 1.807) is 25.2 Å². The average Bonchev–Trinajstić information content (AvgIpc) is 1.63. The molecule has 0 spiro atoms. The van der Waals surface area contributed by atoms with Crippen molar-refractivity contribution in [1.82, 2.24) is 5.01 Å². The van der Waals surface area contributed by atoms with Crippen LogP contribution in [-0.4, -0.2) is 30.6 Å². The van der Waals surface area contributed by atoms with Crippen molar-refractivity contribution in [3.63, 3.8) is 0 Å². The highest BCUT2D eigenvalue weighted by Crippen LogP contribution is 1.81. The van der Waals surface area contributed by atoms with E-state index in [4.69, 9.17) is 0 Å². The third-order valence-corrected chi connectivity index (χ3v) is 0.764. The van der Waals surface area contributed by atoms with Crippen molar-refractivity contribution in [2.75, 3.05) is 13.6 Å². The molecule has 0 aromatic heterocycles. The van der Waals surface area contributed by atoms with Crippen LogP contribution in [0.4, 0.5) is 0 Å². The predicted octanol–water partition coefficient (Wildman–Crippen LogP) is 0.513. The van der Waals surface area contributed by atoms with E-state index in [2.05, 4.69) is 5.10 Å². The number of nitrogens with zero attached hydrogens (tertiary/aromatic N) is 2. The van der Waals surface area contributed by atoms with E-state index in [0.29, 0.717) is 6.54 Å². The molecular weight excluding hydrogens is 116 g/mol. The van der Waals surface area contributed by atoms with Crippen LogP contribution >= 0.6 is 0 Å². The number of Topliss-reactive ketones (excluding diaryl/α,β-unsaturated/α-hetero) is 1. The van der Waals surface area contributed by atoms with Crippen molar-refractivity contribution in [2.24, 2.45) is 5.10 Å². The highest BCUT2D eigenvalue weighted by Gasteiger charge is 1.94. The fourth-order valence-electron chi connectivity index (χ4n) is 0.560. The van der Waals surface area contributed by atoms with Crippen molar-refractivity contribution >= 4 is 12.0 Å². The van der Waals surface area contributed by atoms with Crippen LogP contribution in [0.25, 0.3) is 0 Å². The summed E-state index contributed by atoms with van der Waals surface area (Å²) in [7, 11) is 1.77. The number of rotatable bonds is 3. The lowest BCUT2D eigenvalue weighted by molar-refractivity contribution is -0.117. The molecule has 0 aliphatic carbocycles. The van der Waals surface area contributed by atoms with Gasteiger partial charge >= 0.3 is 0 Å².